The van der Waals surface area contributed by atoms with E-state index in [9.17, 15) is 30.3 Å². The van der Waals surface area contributed by atoms with Crippen molar-refractivity contribution in [2.75, 3.05) is 13.2 Å². The molecule has 7 atom stereocenters. The number of hydrogen-bond acceptors (Lipinski definition) is 7. The molecule has 1 aliphatic carbocycles. The normalized spacial score (nSPS) is 22.2. The third kappa shape index (κ3) is 24.6. The third-order valence-electron chi connectivity index (χ3n) is 10.1. The van der Waals surface area contributed by atoms with Crippen LogP contribution in [-0.2, 0) is 4.74 Å². The zero-order valence-corrected chi connectivity index (χ0v) is 31.5. The second-order valence-corrected chi connectivity index (χ2v) is 14.6. The van der Waals surface area contributed by atoms with E-state index >= 15 is 0 Å². The molecule has 0 saturated carbocycles. The van der Waals surface area contributed by atoms with Crippen LogP contribution >= 0.6 is 0 Å². The van der Waals surface area contributed by atoms with Gasteiger partial charge in [-0.1, -0.05) is 161 Å². The fourth-order valence-electron chi connectivity index (χ4n) is 6.63. The molecule has 0 bridgehead atoms. The van der Waals surface area contributed by atoms with E-state index in [1.807, 2.05) is 6.92 Å². The smallest absolute Gasteiger partial charge is 0.315 e. The second-order valence-electron chi connectivity index (χ2n) is 14.6. The molecule has 2 amide bonds. The maximum absolute atomic E-state index is 12.7. The van der Waals surface area contributed by atoms with Crippen LogP contribution in [0.2, 0.25) is 0 Å². The molecule has 49 heavy (non-hydrogen) atoms. The number of carbonyl (C=O) groups is 1. The number of unbranched alkanes of at least 4 members (excludes halogenated alkanes) is 21. The van der Waals surface area contributed by atoms with Gasteiger partial charge < -0.3 is 40.9 Å². The van der Waals surface area contributed by atoms with Gasteiger partial charge in [0.15, 0.2) is 0 Å². The van der Waals surface area contributed by atoms with Gasteiger partial charge in [-0.25, -0.2) is 4.79 Å². The van der Waals surface area contributed by atoms with E-state index in [-0.39, 0.29) is 13.0 Å². The molecule has 1 aliphatic rings. The van der Waals surface area contributed by atoms with Crippen molar-refractivity contribution in [2.45, 2.75) is 223 Å². The Morgan fingerprint density at radius 3 is 1.65 bits per heavy atom. The van der Waals surface area contributed by atoms with Gasteiger partial charge in [0, 0.05) is 13.0 Å². The Morgan fingerprint density at radius 1 is 0.714 bits per heavy atom. The van der Waals surface area contributed by atoms with Crippen molar-refractivity contribution in [3.8, 4) is 0 Å². The molecule has 290 valence electrons. The Hall–Kier alpha value is -1.23. The molecule has 0 aromatic heterocycles. The summed E-state index contributed by atoms with van der Waals surface area (Å²) in [5.74, 6) is 0. The number of allylic oxidation sites excluding steroid dienone is 1. The van der Waals surface area contributed by atoms with Gasteiger partial charge in [0.2, 0.25) is 0 Å². The number of hydrogen-bond donors (Lipinski definition) is 7. The highest BCUT2D eigenvalue weighted by Gasteiger charge is 2.33. The van der Waals surface area contributed by atoms with E-state index in [1.54, 1.807) is 6.08 Å². The highest BCUT2D eigenvalue weighted by Crippen LogP contribution is 2.19. The summed E-state index contributed by atoms with van der Waals surface area (Å²) in [6.45, 7) is 4.52. The van der Waals surface area contributed by atoms with Crippen LogP contribution in [0, 0.1) is 0 Å². The SMILES string of the molecule is CCCCCCCCCCCCCCCCCCCCCCCCNC(=O)NC(COC1CC/C=C\C(O)C(O)C1O)C(O)CC(O)CC. The average molecular weight is 699 g/mol. The zero-order valence-electron chi connectivity index (χ0n) is 31.5. The molecule has 7 N–H and O–H groups in total. The summed E-state index contributed by atoms with van der Waals surface area (Å²) in [6.07, 6.45) is 27.6. The fourth-order valence-corrected chi connectivity index (χ4v) is 6.63. The first kappa shape index (κ1) is 45.8. The van der Waals surface area contributed by atoms with Gasteiger partial charge >= 0.3 is 6.03 Å². The van der Waals surface area contributed by atoms with Crippen LogP contribution in [0.15, 0.2) is 12.2 Å². The quantitative estimate of drug-likeness (QED) is 0.0291. The van der Waals surface area contributed by atoms with Crippen molar-refractivity contribution in [2.24, 2.45) is 0 Å². The molecule has 9 nitrogen and oxygen atoms in total. The predicted octanol–water partition coefficient (Wildman–Crippen LogP) is 7.60. The van der Waals surface area contributed by atoms with Gasteiger partial charge in [0.1, 0.15) is 18.3 Å². The van der Waals surface area contributed by atoms with Crippen molar-refractivity contribution < 1.29 is 35.1 Å². The van der Waals surface area contributed by atoms with Gasteiger partial charge in [0.25, 0.3) is 0 Å². The van der Waals surface area contributed by atoms with Gasteiger partial charge in [-0.15, -0.1) is 0 Å². The molecule has 0 spiro atoms. The van der Waals surface area contributed by atoms with Gasteiger partial charge in [-0.05, 0) is 25.7 Å². The van der Waals surface area contributed by atoms with Gasteiger partial charge in [0.05, 0.1) is 31.0 Å². The zero-order chi connectivity index (χ0) is 36.0. The third-order valence-corrected chi connectivity index (χ3v) is 10.1. The molecular formula is C40H78N2O7. The first-order valence-electron chi connectivity index (χ1n) is 20.5. The summed E-state index contributed by atoms with van der Waals surface area (Å²) >= 11 is 0. The van der Waals surface area contributed by atoms with Gasteiger partial charge in [-0.3, -0.25) is 0 Å². The monoisotopic (exact) mass is 699 g/mol. The molecule has 0 saturated heterocycles. The number of amides is 2. The van der Waals surface area contributed by atoms with Crippen LogP contribution in [0.1, 0.15) is 181 Å². The maximum atomic E-state index is 12.7. The number of aliphatic hydroxyl groups is 5. The Balaban J connectivity index is 2.09. The van der Waals surface area contributed by atoms with E-state index in [2.05, 4.69) is 17.6 Å². The van der Waals surface area contributed by atoms with Crippen LogP contribution in [-0.4, -0.2) is 87.4 Å². The van der Waals surface area contributed by atoms with Crippen molar-refractivity contribution >= 4 is 6.03 Å². The van der Waals surface area contributed by atoms with Crippen LogP contribution in [0.4, 0.5) is 4.79 Å². The Morgan fingerprint density at radius 2 is 1.18 bits per heavy atom. The van der Waals surface area contributed by atoms with Crippen LogP contribution in [0.3, 0.4) is 0 Å². The van der Waals surface area contributed by atoms with Crippen LogP contribution < -0.4 is 10.6 Å². The molecule has 0 heterocycles. The van der Waals surface area contributed by atoms with Crippen LogP contribution in [0.5, 0.6) is 0 Å². The molecule has 7 unspecified atom stereocenters. The number of rotatable bonds is 31. The summed E-state index contributed by atoms with van der Waals surface area (Å²) in [7, 11) is 0. The molecule has 0 radical (unpaired) electrons. The van der Waals surface area contributed by atoms with E-state index in [4.69, 9.17) is 4.74 Å². The number of nitrogens with one attached hydrogen (secondary N) is 2. The molecule has 9 heteroatoms. The van der Waals surface area contributed by atoms with Crippen molar-refractivity contribution in [1.82, 2.24) is 10.6 Å². The molecule has 0 aliphatic heterocycles. The maximum Gasteiger partial charge on any atom is 0.315 e. The van der Waals surface area contributed by atoms with E-state index in [0.29, 0.717) is 25.8 Å². The summed E-state index contributed by atoms with van der Waals surface area (Å²) in [5.41, 5.74) is 0. The number of carbonyl (C=O) groups excluding carboxylic acids is 1. The molecule has 0 aromatic rings. The first-order chi connectivity index (χ1) is 23.8. The van der Waals surface area contributed by atoms with E-state index in [0.717, 1.165) is 19.3 Å². The summed E-state index contributed by atoms with van der Waals surface area (Å²) in [6, 6.07) is -1.24. The number of aliphatic hydroxyl groups excluding tert-OH is 5. The Kier molecular flexibility index (Phi) is 29.4. The minimum absolute atomic E-state index is 0.0710. The lowest BCUT2D eigenvalue weighted by molar-refractivity contribution is -0.124. The fraction of sp³-hybridized carbons (Fsp3) is 0.925. The lowest BCUT2D eigenvalue weighted by Gasteiger charge is -2.32. The highest BCUT2D eigenvalue weighted by atomic mass is 16.5. The number of ether oxygens (including phenoxy) is 1. The van der Waals surface area contributed by atoms with Gasteiger partial charge in [-0.2, -0.15) is 0 Å². The topological polar surface area (TPSA) is 152 Å². The summed E-state index contributed by atoms with van der Waals surface area (Å²) in [4.78, 5) is 12.7. The van der Waals surface area contributed by atoms with Crippen LogP contribution in [0.25, 0.3) is 0 Å². The minimum Gasteiger partial charge on any atom is -0.393 e. The minimum atomic E-state index is -1.40. The Bertz CT molecular complexity index is 786. The standard InChI is InChI=1S/C40H78N2O7/c1-3-5-6-7-8-9-10-11-12-13-14-15-16-17-18-19-20-21-22-23-24-27-30-41-40(48)42-34(36(45)31-33(43)4-2)32-49-37-29-26-25-28-35(44)38(46)39(37)47/h25,28,33-39,43-47H,3-24,26-27,29-32H2,1-2H3,(H2,41,42,48)/b28-25-. The first-order valence-corrected chi connectivity index (χ1v) is 20.5. The van der Waals surface area contributed by atoms with E-state index in [1.165, 1.54) is 128 Å². The average Bonchev–Trinajstić information content (AvgIpc) is 3.09. The van der Waals surface area contributed by atoms with Crippen molar-refractivity contribution in [1.29, 1.82) is 0 Å². The summed E-state index contributed by atoms with van der Waals surface area (Å²) in [5, 5.41) is 57.1. The Labute approximate surface area is 300 Å². The van der Waals surface area contributed by atoms with E-state index < -0.39 is 48.7 Å². The summed E-state index contributed by atoms with van der Waals surface area (Å²) < 4.78 is 5.86. The van der Waals surface area contributed by atoms with Crippen molar-refractivity contribution in [3.63, 3.8) is 0 Å². The number of urea groups is 1. The second kappa shape index (κ2) is 31.5. The largest absolute Gasteiger partial charge is 0.393 e. The molecule has 1 rings (SSSR count). The predicted molar refractivity (Wildman–Crippen MR) is 201 cm³/mol. The van der Waals surface area contributed by atoms with Crippen molar-refractivity contribution in [3.05, 3.63) is 12.2 Å². The highest BCUT2D eigenvalue weighted by molar-refractivity contribution is 5.74. The molecule has 0 fully saturated rings. The lowest BCUT2D eigenvalue weighted by Crippen LogP contribution is -2.53. The molecular weight excluding hydrogens is 620 g/mol. The lowest BCUT2D eigenvalue weighted by atomic mass is 9.96. The molecule has 0 aromatic carbocycles.